The molecule has 0 saturated carbocycles. The Morgan fingerprint density at radius 1 is 1.31 bits per heavy atom. The van der Waals surface area contributed by atoms with Crippen LogP contribution in [0.15, 0.2) is 39.5 Å². The average Bonchev–Trinajstić information content (AvgIpc) is 3.36. The first kappa shape index (κ1) is 21.2. The zero-order valence-electron chi connectivity index (χ0n) is 15.6. The van der Waals surface area contributed by atoms with Crippen LogP contribution in [-0.4, -0.2) is 57.3 Å². The van der Waals surface area contributed by atoms with Crippen LogP contribution in [0.4, 0.5) is 0 Å². The fourth-order valence-electron chi connectivity index (χ4n) is 3.49. The van der Waals surface area contributed by atoms with Gasteiger partial charge >= 0.3 is 0 Å². The minimum absolute atomic E-state index is 0. The Hall–Kier alpha value is -1.06. The van der Waals surface area contributed by atoms with E-state index in [1.165, 1.54) is 18.4 Å². The Balaban J connectivity index is 0.00000243. The van der Waals surface area contributed by atoms with Gasteiger partial charge < -0.3 is 19.8 Å². The maximum Gasteiger partial charge on any atom is 0.191 e. The molecule has 1 unspecified atom stereocenters. The van der Waals surface area contributed by atoms with Crippen molar-refractivity contribution in [2.75, 3.05) is 46.4 Å². The maximum absolute atomic E-state index is 5.67. The highest BCUT2D eigenvalue weighted by Gasteiger charge is 2.25. The van der Waals surface area contributed by atoms with Crippen LogP contribution < -0.4 is 10.6 Å². The molecule has 1 fully saturated rings. The van der Waals surface area contributed by atoms with E-state index in [4.69, 9.17) is 9.15 Å². The normalized spacial score (nSPS) is 19.6. The van der Waals surface area contributed by atoms with E-state index in [0.29, 0.717) is 0 Å². The van der Waals surface area contributed by atoms with Crippen LogP contribution in [0.25, 0.3) is 0 Å². The maximum atomic E-state index is 5.67. The Bertz CT molecular complexity index is 568. The number of ether oxygens (including phenoxy) is 1. The van der Waals surface area contributed by atoms with Gasteiger partial charge in [-0.15, -0.1) is 24.0 Å². The predicted molar refractivity (Wildman–Crippen MR) is 115 cm³/mol. The van der Waals surface area contributed by atoms with Crippen LogP contribution in [-0.2, 0) is 4.74 Å². The third-order valence-corrected chi connectivity index (χ3v) is 4.94. The number of rotatable bonds is 7. The standard InChI is InChI=1S/C19H30N4O2.HI/c1-20-19(21-9-6-16-7-13-24-14-8-16)22-15-17(18-5-4-12-25-18)23-10-2-3-11-23;/h4-5,7,12,17H,2-3,6,8-11,13-15H2,1H3,(H2,20,21,22);1H. The SMILES string of the molecule is CN=C(NCCC1=CCOCC1)NCC(c1ccco1)N1CCCC1.I. The van der Waals surface area contributed by atoms with Gasteiger partial charge in [0.1, 0.15) is 5.76 Å². The smallest absolute Gasteiger partial charge is 0.191 e. The molecule has 1 aromatic rings. The second-order valence-corrected chi connectivity index (χ2v) is 6.59. The quantitative estimate of drug-likeness (QED) is 0.276. The molecule has 3 rings (SSSR count). The molecule has 6 nitrogen and oxygen atoms in total. The van der Waals surface area contributed by atoms with Gasteiger partial charge in [0.05, 0.1) is 25.5 Å². The third-order valence-electron chi connectivity index (χ3n) is 4.94. The monoisotopic (exact) mass is 474 g/mol. The zero-order chi connectivity index (χ0) is 17.3. The number of hydrogen-bond acceptors (Lipinski definition) is 4. The van der Waals surface area contributed by atoms with Crippen molar-refractivity contribution in [1.82, 2.24) is 15.5 Å². The molecule has 1 saturated heterocycles. The first-order chi connectivity index (χ1) is 12.4. The van der Waals surface area contributed by atoms with Crippen LogP contribution in [0.1, 0.15) is 37.5 Å². The molecule has 2 aliphatic rings. The molecule has 3 heterocycles. The number of aliphatic imine (C=N–C) groups is 1. The molecule has 26 heavy (non-hydrogen) atoms. The molecular formula is C19H31IN4O2. The summed E-state index contributed by atoms with van der Waals surface area (Å²) in [6.45, 7) is 5.55. The van der Waals surface area contributed by atoms with Crippen molar-refractivity contribution < 1.29 is 9.15 Å². The average molecular weight is 474 g/mol. The minimum atomic E-state index is 0. The van der Waals surface area contributed by atoms with Gasteiger partial charge in [-0.3, -0.25) is 9.89 Å². The van der Waals surface area contributed by atoms with Crippen LogP contribution in [0, 0.1) is 0 Å². The Morgan fingerprint density at radius 3 is 2.81 bits per heavy atom. The number of hydrogen-bond donors (Lipinski definition) is 2. The molecule has 0 aliphatic carbocycles. The Labute approximate surface area is 173 Å². The zero-order valence-corrected chi connectivity index (χ0v) is 17.9. The highest BCUT2D eigenvalue weighted by atomic mass is 127. The molecule has 0 bridgehead atoms. The van der Waals surface area contributed by atoms with Gasteiger partial charge in [-0.1, -0.05) is 11.6 Å². The van der Waals surface area contributed by atoms with Gasteiger partial charge in [-0.25, -0.2) is 0 Å². The van der Waals surface area contributed by atoms with E-state index in [1.54, 1.807) is 6.26 Å². The topological polar surface area (TPSA) is 62.0 Å². The first-order valence-corrected chi connectivity index (χ1v) is 9.34. The fraction of sp³-hybridized carbons (Fsp3) is 0.632. The van der Waals surface area contributed by atoms with Crippen molar-refractivity contribution in [3.05, 3.63) is 35.8 Å². The van der Waals surface area contributed by atoms with E-state index >= 15 is 0 Å². The highest BCUT2D eigenvalue weighted by Crippen LogP contribution is 2.24. The summed E-state index contributed by atoms with van der Waals surface area (Å²) in [7, 11) is 1.82. The van der Waals surface area contributed by atoms with E-state index in [9.17, 15) is 0 Å². The second kappa shape index (κ2) is 11.6. The molecule has 0 radical (unpaired) electrons. The van der Waals surface area contributed by atoms with Gasteiger partial charge in [0, 0.05) is 20.1 Å². The lowest BCUT2D eigenvalue weighted by Gasteiger charge is -2.26. The minimum Gasteiger partial charge on any atom is -0.468 e. The van der Waals surface area contributed by atoms with E-state index in [0.717, 1.165) is 64.0 Å². The van der Waals surface area contributed by atoms with Gasteiger partial charge in [0.25, 0.3) is 0 Å². The van der Waals surface area contributed by atoms with E-state index in [2.05, 4.69) is 32.7 Å². The summed E-state index contributed by atoms with van der Waals surface area (Å²) < 4.78 is 11.0. The molecule has 1 aromatic heterocycles. The molecule has 0 aromatic carbocycles. The highest BCUT2D eigenvalue weighted by molar-refractivity contribution is 14.0. The number of furan rings is 1. The van der Waals surface area contributed by atoms with Crippen molar-refractivity contribution in [1.29, 1.82) is 0 Å². The number of likely N-dealkylation sites (tertiary alicyclic amines) is 1. The van der Waals surface area contributed by atoms with Crippen LogP contribution >= 0.6 is 24.0 Å². The summed E-state index contributed by atoms with van der Waals surface area (Å²) in [5.74, 6) is 1.88. The molecule has 7 heteroatoms. The fourth-order valence-corrected chi connectivity index (χ4v) is 3.49. The van der Waals surface area contributed by atoms with Crippen molar-refractivity contribution in [2.45, 2.75) is 31.7 Å². The Kier molecular flexibility index (Phi) is 9.49. The Morgan fingerprint density at radius 2 is 2.15 bits per heavy atom. The number of nitrogens with zero attached hydrogens (tertiary/aromatic N) is 2. The van der Waals surface area contributed by atoms with Crippen LogP contribution in [0.3, 0.4) is 0 Å². The summed E-state index contributed by atoms with van der Waals surface area (Å²) >= 11 is 0. The van der Waals surface area contributed by atoms with Gasteiger partial charge in [-0.2, -0.15) is 0 Å². The molecule has 2 N–H and O–H groups in total. The predicted octanol–water partition coefficient (Wildman–Crippen LogP) is 2.94. The lowest BCUT2D eigenvalue weighted by molar-refractivity contribution is 0.153. The summed E-state index contributed by atoms with van der Waals surface area (Å²) in [4.78, 5) is 6.84. The number of nitrogens with one attached hydrogen (secondary N) is 2. The lowest BCUT2D eigenvalue weighted by Crippen LogP contribution is -2.43. The first-order valence-electron chi connectivity index (χ1n) is 9.34. The van der Waals surface area contributed by atoms with Crippen molar-refractivity contribution in [3.8, 4) is 0 Å². The molecule has 1 atom stereocenters. The molecule has 146 valence electrons. The van der Waals surface area contributed by atoms with Crippen LogP contribution in [0.5, 0.6) is 0 Å². The van der Waals surface area contributed by atoms with Gasteiger partial charge in [0.2, 0.25) is 0 Å². The molecule has 2 aliphatic heterocycles. The van der Waals surface area contributed by atoms with Crippen molar-refractivity contribution in [2.24, 2.45) is 4.99 Å². The van der Waals surface area contributed by atoms with Crippen LogP contribution in [0.2, 0.25) is 0 Å². The van der Waals surface area contributed by atoms with Crippen molar-refractivity contribution >= 4 is 29.9 Å². The van der Waals surface area contributed by atoms with E-state index in [1.807, 2.05) is 13.1 Å². The summed E-state index contributed by atoms with van der Waals surface area (Å²) in [5, 5.41) is 6.88. The second-order valence-electron chi connectivity index (χ2n) is 6.59. The number of guanidine groups is 1. The molecule has 0 spiro atoms. The molecular weight excluding hydrogens is 443 g/mol. The van der Waals surface area contributed by atoms with E-state index < -0.39 is 0 Å². The number of halogens is 1. The largest absolute Gasteiger partial charge is 0.468 e. The molecule has 0 amide bonds. The third kappa shape index (κ3) is 6.28. The van der Waals surface area contributed by atoms with Gasteiger partial charge in [-0.05, 0) is 50.9 Å². The van der Waals surface area contributed by atoms with Crippen molar-refractivity contribution in [3.63, 3.8) is 0 Å². The summed E-state index contributed by atoms with van der Waals surface area (Å²) in [6, 6.07) is 4.29. The van der Waals surface area contributed by atoms with Gasteiger partial charge in [0.15, 0.2) is 5.96 Å². The summed E-state index contributed by atoms with van der Waals surface area (Å²) in [5.41, 5.74) is 1.47. The summed E-state index contributed by atoms with van der Waals surface area (Å²) in [6.07, 6.45) is 8.57. The van der Waals surface area contributed by atoms with E-state index in [-0.39, 0.29) is 30.0 Å². The lowest BCUT2D eigenvalue weighted by atomic mass is 10.1.